The average molecular weight is 695 g/mol. The van der Waals surface area contributed by atoms with E-state index in [2.05, 4.69) is 161 Å². The van der Waals surface area contributed by atoms with Gasteiger partial charge in [-0.3, -0.25) is 0 Å². The second-order valence-corrected chi connectivity index (χ2v) is 43.6. The van der Waals surface area contributed by atoms with Crippen LogP contribution < -0.4 is 15.9 Å². The molecule has 1 unspecified atom stereocenters. The summed E-state index contributed by atoms with van der Waals surface area (Å²) < 4.78 is 0. The normalized spacial score (nSPS) is 13.2. The molecule has 0 bridgehead atoms. The molecule has 0 radical (unpaired) electrons. The molecule has 3 rings (SSSR count). The Balaban J connectivity index is 0.000000500. The maximum absolute atomic E-state index is 3.25. The molecule has 0 aromatic heterocycles. The summed E-state index contributed by atoms with van der Waals surface area (Å²) in [5.41, 5.74) is -0.644. The fourth-order valence-corrected chi connectivity index (χ4v) is 8.37. The van der Waals surface area contributed by atoms with Crippen molar-refractivity contribution in [3.05, 3.63) is 91.0 Å². The van der Waals surface area contributed by atoms with E-state index in [-0.39, 0.29) is 0 Å². The number of rotatable bonds is 5. The molecule has 0 N–H and O–H groups in total. The van der Waals surface area contributed by atoms with Crippen LogP contribution >= 0.6 is 63.7 Å². The third-order valence-corrected chi connectivity index (χ3v) is 9.77. The van der Waals surface area contributed by atoms with Gasteiger partial charge in [0.2, 0.25) is 0 Å². The molecule has 3 aromatic rings. The van der Waals surface area contributed by atoms with Crippen molar-refractivity contribution in [2.75, 3.05) is 0 Å². The van der Waals surface area contributed by atoms with E-state index in [0.29, 0.717) is 5.66 Å². The molecule has 0 aliphatic carbocycles. The summed E-state index contributed by atoms with van der Waals surface area (Å²) in [6.07, 6.45) is 1.17. The van der Waals surface area contributed by atoms with Crippen LogP contribution in [0.3, 0.4) is 0 Å². The molecule has 3 aromatic carbocycles. The topological polar surface area (TPSA) is 0 Å². The van der Waals surface area contributed by atoms with Crippen LogP contribution in [0.5, 0.6) is 0 Å². The van der Waals surface area contributed by atoms with Crippen molar-refractivity contribution < 1.29 is 5.61 Å². The summed E-state index contributed by atoms with van der Waals surface area (Å²) in [4.78, 5) is 0. The summed E-state index contributed by atoms with van der Waals surface area (Å²) in [5, 5.41) is 4.44. The molecule has 0 aliphatic heterocycles. The second kappa shape index (κ2) is 11.8. The van der Waals surface area contributed by atoms with Crippen LogP contribution in [0.4, 0.5) is 0 Å². The monoisotopic (exact) mass is 691 g/mol. The zero-order valence-electron chi connectivity index (χ0n) is 15.8. The molecule has 0 aliphatic rings. The van der Waals surface area contributed by atoms with Gasteiger partial charge in [-0.05, 0) is 49.7 Å². The van der Waals surface area contributed by atoms with E-state index < -0.39 is 12.9 Å². The SMILES string of the molecule is CCC(C)[P+](c1ccccc1)(c1ccccc1)c1ccccc1.[Br][Fe-]([Br])([Br])[Br]. The molecule has 0 saturated carbocycles. The summed E-state index contributed by atoms with van der Waals surface area (Å²) in [6.45, 7) is 4.73. The summed E-state index contributed by atoms with van der Waals surface area (Å²) in [7, 11) is -1.64. The van der Waals surface area contributed by atoms with Crippen LogP contribution in [-0.2, 0) is 5.61 Å². The van der Waals surface area contributed by atoms with Crippen molar-refractivity contribution in [2.24, 2.45) is 0 Å². The van der Waals surface area contributed by atoms with Gasteiger partial charge in [-0.15, -0.1) is 0 Å². The first-order valence-electron chi connectivity index (χ1n) is 8.89. The first-order valence-corrected chi connectivity index (χ1v) is 21.7. The van der Waals surface area contributed by atoms with Gasteiger partial charge < -0.3 is 0 Å². The second-order valence-electron chi connectivity index (χ2n) is 6.29. The number of hydrogen-bond donors (Lipinski definition) is 0. The van der Waals surface area contributed by atoms with Crippen LogP contribution in [0.25, 0.3) is 0 Å². The third-order valence-electron chi connectivity index (χ3n) is 4.74. The van der Waals surface area contributed by atoms with Crippen LogP contribution in [-0.4, -0.2) is 5.66 Å². The maximum atomic E-state index is 3.25. The van der Waals surface area contributed by atoms with E-state index in [9.17, 15) is 0 Å². The minimum atomic E-state index is -1.64. The molecule has 28 heavy (non-hydrogen) atoms. The predicted molar refractivity (Wildman–Crippen MR) is 141 cm³/mol. The average Bonchev–Trinajstić information content (AvgIpc) is 2.70. The fourth-order valence-electron chi connectivity index (χ4n) is 3.47. The molecule has 6 heteroatoms. The van der Waals surface area contributed by atoms with E-state index in [1.165, 1.54) is 22.3 Å². The van der Waals surface area contributed by atoms with Crippen molar-refractivity contribution >= 4 is 79.6 Å². The van der Waals surface area contributed by atoms with Gasteiger partial charge in [0.25, 0.3) is 0 Å². The molecular formula is C22H24Br4FeP. The Bertz CT molecular complexity index is 721. The van der Waals surface area contributed by atoms with Crippen LogP contribution in [0, 0.1) is 0 Å². The van der Waals surface area contributed by atoms with Crippen molar-refractivity contribution in [3.63, 3.8) is 0 Å². The number of hydrogen-bond acceptors (Lipinski definition) is 0. The summed E-state index contributed by atoms with van der Waals surface area (Å²) in [5.74, 6) is 0. The third kappa shape index (κ3) is 6.77. The van der Waals surface area contributed by atoms with Gasteiger partial charge in [0, 0.05) is 0 Å². The predicted octanol–water partition coefficient (Wildman–Crippen LogP) is 8.16. The summed E-state index contributed by atoms with van der Waals surface area (Å²) >= 11 is 13.0. The van der Waals surface area contributed by atoms with Gasteiger partial charge in [0.15, 0.2) is 0 Å². The first-order chi connectivity index (χ1) is 13.3. The number of benzene rings is 3. The Morgan fingerprint density at radius 3 is 1.11 bits per heavy atom. The quantitative estimate of drug-likeness (QED) is 0.187. The van der Waals surface area contributed by atoms with Crippen LogP contribution in [0.1, 0.15) is 20.3 Å². The number of halogens is 4. The van der Waals surface area contributed by atoms with Gasteiger partial charge in [0.1, 0.15) is 23.2 Å². The van der Waals surface area contributed by atoms with Crippen molar-refractivity contribution in [1.29, 1.82) is 0 Å². The summed E-state index contributed by atoms with van der Waals surface area (Å²) in [6, 6.07) is 33.3. The molecule has 0 amide bonds. The van der Waals surface area contributed by atoms with Gasteiger partial charge >= 0.3 is 62.1 Å². The van der Waals surface area contributed by atoms with Crippen molar-refractivity contribution in [2.45, 2.75) is 25.9 Å². The first kappa shape index (κ1) is 24.8. The van der Waals surface area contributed by atoms with Crippen LogP contribution in [0.15, 0.2) is 91.0 Å². The van der Waals surface area contributed by atoms with E-state index in [1.54, 1.807) is 0 Å². The van der Waals surface area contributed by atoms with E-state index in [4.69, 9.17) is 0 Å². The van der Waals surface area contributed by atoms with Crippen LogP contribution in [0.2, 0.25) is 0 Å². The van der Waals surface area contributed by atoms with E-state index >= 15 is 0 Å². The Labute approximate surface area is 200 Å². The Morgan fingerprint density at radius 1 is 0.643 bits per heavy atom. The fraction of sp³-hybridized carbons (Fsp3) is 0.182. The minimum absolute atomic E-state index is 0.606. The zero-order valence-corrected chi connectivity index (χ0v) is 24.1. The van der Waals surface area contributed by atoms with Crippen molar-refractivity contribution in [3.8, 4) is 0 Å². The van der Waals surface area contributed by atoms with Gasteiger partial charge in [-0.1, -0.05) is 61.5 Å². The Hall–Kier alpha value is 0.529. The zero-order chi connectivity index (χ0) is 20.6. The molecule has 0 fully saturated rings. The molecule has 1 atom stereocenters. The van der Waals surface area contributed by atoms with Gasteiger partial charge in [0.05, 0.1) is 5.66 Å². The standard InChI is InChI=1S/C22H24P.4BrH.Fe/c1-3-19(2)23(20-13-7-4-8-14-20,21-15-9-5-10-16-21)22-17-11-6-12-18-22;;;;;/h4-19H,3H2,1-2H3;4*1H;/q+1;;;;;+3/p-4. The Morgan fingerprint density at radius 2 is 0.893 bits per heavy atom. The molecular weight excluding hydrogens is 671 g/mol. The molecule has 0 nitrogen and oxygen atoms in total. The van der Waals surface area contributed by atoms with E-state index in [1.807, 2.05) is 0 Å². The van der Waals surface area contributed by atoms with E-state index in [0.717, 1.165) is 0 Å². The van der Waals surface area contributed by atoms with Gasteiger partial charge in [-0.25, -0.2) is 0 Å². The Kier molecular flexibility index (Phi) is 10.4. The van der Waals surface area contributed by atoms with Crippen molar-refractivity contribution in [1.82, 2.24) is 0 Å². The van der Waals surface area contributed by atoms with Gasteiger partial charge in [-0.2, -0.15) is 0 Å². The molecule has 0 heterocycles. The molecule has 0 saturated heterocycles. The molecule has 0 spiro atoms. The molecule has 153 valence electrons.